The largest absolute Gasteiger partial charge is 0.137 e. The summed E-state index contributed by atoms with van der Waals surface area (Å²) in [7, 11) is 0. The molecule has 0 aromatic carbocycles. The quantitative estimate of drug-likeness (QED) is 0.423. The molecular weight excluding hydrogens is 96.1 g/mol. The van der Waals surface area contributed by atoms with Crippen LogP contribution in [0.25, 0.3) is 0 Å². The molecule has 0 unspecified atom stereocenters. The molecule has 0 aliphatic rings. The van der Waals surface area contributed by atoms with E-state index in [0.717, 1.165) is 0 Å². The Balaban J connectivity index is -0.0000000483. The Morgan fingerprint density at radius 1 is 1.12 bits per heavy atom. The summed E-state index contributed by atoms with van der Waals surface area (Å²) in [6.45, 7) is 14.5. The smallest absolute Gasteiger partial charge is 0.0572 e. The average molecular weight is 114 g/mol. The van der Waals surface area contributed by atoms with E-state index in [4.69, 9.17) is 0 Å². The Bertz CT molecular complexity index is 29.3. The van der Waals surface area contributed by atoms with Gasteiger partial charge in [-0.05, 0) is 0 Å². The zero-order valence-corrected chi connectivity index (χ0v) is 6.62. The lowest BCUT2D eigenvalue weighted by Crippen LogP contribution is -1.27. The Labute approximate surface area is 53.9 Å². The van der Waals surface area contributed by atoms with Crippen molar-refractivity contribution in [2.45, 2.75) is 34.1 Å². The maximum Gasteiger partial charge on any atom is -0.0572 e. The van der Waals surface area contributed by atoms with Crippen LogP contribution in [0.3, 0.4) is 0 Å². The van der Waals surface area contributed by atoms with Crippen molar-refractivity contribution >= 4 is 0 Å². The molecule has 8 heavy (non-hydrogen) atoms. The van der Waals surface area contributed by atoms with Gasteiger partial charge in [0.15, 0.2) is 0 Å². The highest BCUT2D eigenvalue weighted by atomic mass is 13.4. The summed E-state index contributed by atoms with van der Waals surface area (Å²) in [5.41, 5.74) is 2.25. The first-order valence-corrected chi connectivity index (χ1v) is 3.12. The lowest BCUT2D eigenvalue weighted by Gasteiger charge is -1.48. The third kappa shape index (κ3) is 489. The maximum absolute atomic E-state index is 3.12. The summed E-state index contributed by atoms with van der Waals surface area (Å²) in [6.07, 6.45) is 1.25. The highest BCUT2D eigenvalue weighted by Gasteiger charge is 1.35. The lowest BCUT2D eigenvalue weighted by molar-refractivity contribution is 1.09. The van der Waals surface area contributed by atoms with Crippen LogP contribution in [0.1, 0.15) is 34.1 Å². The molecule has 0 spiro atoms. The van der Waals surface area contributed by atoms with Crippen LogP contribution in [0.4, 0.5) is 0 Å². The molecule has 0 aromatic heterocycles. The summed E-state index contributed by atoms with van der Waals surface area (Å²) in [5.74, 6) is 0. The van der Waals surface area contributed by atoms with Crippen LogP contribution in [0.15, 0.2) is 18.9 Å². The molecule has 0 nitrogen and oxygen atoms in total. The molecule has 0 rings (SSSR count). The van der Waals surface area contributed by atoms with Crippen LogP contribution in [-0.2, 0) is 0 Å². The molecule has 0 amide bonds. The van der Waals surface area contributed by atoms with Crippen LogP contribution in [0, 0.1) is 0 Å². The van der Waals surface area contributed by atoms with Crippen LogP contribution >= 0.6 is 0 Å². The SMILES string of the molecule is C=C=C.CC.CCC. The molecule has 0 saturated heterocycles. The summed E-state index contributed by atoms with van der Waals surface area (Å²) in [6, 6.07) is 0. The second kappa shape index (κ2) is 86.0. The monoisotopic (exact) mass is 114 g/mol. The zero-order chi connectivity index (χ0) is 7.41. The van der Waals surface area contributed by atoms with Gasteiger partial charge in [-0.15, -0.1) is 5.73 Å². The van der Waals surface area contributed by atoms with Gasteiger partial charge in [-0.1, -0.05) is 47.3 Å². The average Bonchev–Trinajstić information content (AvgIpc) is 1.75. The molecule has 0 fully saturated rings. The molecule has 0 aromatic rings. The van der Waals surface area contributed by atoms with Crippen molar-refractivity contribution in [1.29, 1.82) is 0 Å². The second-order valence-electron chi connectivity index (χ2n) is 0.957. The third-order valence-corrected chi connectivity index (χ3v) is 0. The number of hydrogen-bond acceptors (Lipinski definition) is 0. The predicted octanol–water partition coefficient (Wildman–Crippen LogP) is 3.40. The Hall–Kier alpha value is -0.480. The Kier molecular flexibility index (Phi) is 168. The standard InChI is InChI=1S/C3H8.C3H4.C2H6/c2*1-3-2;1-2/h3H2,1-2H3;1-2H2;1-2H3. The molecule has 0 heteroatoms. The van der Waals surface area contributed by atoms with Gasteiger partial charge in [0.1, 0.15) is 0 Å². The summed E-state index contributed by atoms with van der Waals surface area (Å²) < 4.78 is 0. The minimum atomic E-state index is 1.25. The van der Waals surface area contributed by atoms with Gasteiger partial charge in [0.2, 0.25) is 0 Å². The minimum Gasteiger partial charge on any atom is -0.137 e. The topological polar surface area (TPSA) is 0 Å². The molecule has 0 bridgehead atoms. The van der Waals surface area contributed by atoms with Crippen molar-refractivity contribution in [2.24, 2.45) is 0 Å². The van der Waals surface area contributed by atoms with Crippen LogP contribution in [0.5, 0.6) is 0 Å². The van der Waals surface area contributed by atoms with Crippen molar-refractivity contribution in [3.8, 4) is 0 Å². The van der Waals surface area contributed by atoms with Gasteiger partial charge in [-0.2, -0.15) is 0 Å². The highest BCUT2D eigenvalue weighted by Crippen LogP contribution is 1.56. The van der Waals surface area contributed by atoms with Crippen molar-refractivity contribution in [2.75, 3.05) is 0 Å². The number of rotatable bonds is 0. The van der Waals surface area contributed by atoms with E-state index >= 15 is 0 Å². The molecule has 0 aliphatic carbocycles. The van der Waals surface area contributed by atoms with Crippen LogP contribution in [0.2, 0.25) is 0 Å². The van der Waals surface area contributed by atoms with Crippen molar-refractivity contribution in [1.82, 2.24) is 0 Å². The Morgan fingerprint density at radius 2 is 1.12 bits per heavy atom. The maximum atomic E-state index is 3.12. The van der Waals surface area contributed by atoms with Gasteiger partial charge in [0.25, 0.3) is 0 Å². The second-order valence-corrected chi connectivity index (χ2v) is 0.957. The van der Waals surface area contributed by atoms with Gasteiger partial charge in [0.05, 0.1) is 0 Å². The van der Waals surface area contributed by atoms with Crippen molar-refractivity contribution < 1.29 is 0 Å². The van der Waals surface area contributed by atoms with Crippen LogP contribution in [-0.4, -0.2) is 0 Å². The van der Waals surface area contributed by atoms with Crippen LogP contribution < -0.4 is 0 Å². The molecule has 0 atom stereocenters. The molecule has 0 heterocycles. The van der Waals surface area contributed by atoms with E-state index in [1.165, 1.54) is 6.42 Å². The summed E-state index contributed by atoms with van der Waals surface area (Å²) in [4.78, 5) is 0. The molecular formula is C8H18. The first-order chi connectivity index (χ1) is 3.83. The first kappa shape index (κ1) is 15.6. The van der Waals surface area contributed by atoms with Crippen molar-refractivity contribution in [3.63, 3.8) is 0 Å². The Morgan fingerprint density at radius 3 is 1.12 bits per heavy atom. The summed E-state index contributed by atoms with van der Waals surface area (Å²) >= 11 is 0. The number of hydrogen-bond donors (Lipinski definition) is 0. The predicted molar refractivity (Wildman–Crippen MR) is 42.1 cm³/mol. The van der Waals surface area contributed by atoms with E-state index in [0.29, 0.717) is 0 Å². The van der Waals surface area contributed by atoms with Gasteiger partial charge in [-0.3, -0.25) is 0 Å². The fourth-order valence-electron chi connectivity index (χ4n) is 0. The zero-order valence-electron chi connectivity index (χ0n) is 6.62. The molecule has 50 valence electrons. The van der Waals surface area contributed by atoms with E-state index in [2.05, 4.69) is 32.7 Å². The fourth-order valence-corrected chi connectivity index (χ4v) is 0. The molecule has 0 aliphatic heterocycles. The molecule has 0 radical (unpaired) electrons. The highest BCUT2D eigenvalue weighted by molar-refractivity contribution is 4.51. The van der Waals surface area contributed by atoms with E-state index in [9.17, 15) is 0 Å². The summed E-state index contributed by atoms with van der Waals surface area (Å²) in [5, 5.41) is 0. The van der Waals surface area contributed by atoms with Crippen molar-refractivity contribution in [3.05, 3.63) is 18.9 Å². The lowest BCUT2D eigenvalue weighted by atomic mass is 10.6. The minimum absolute atomic E-state index is 1.25. The normalized spacial score (nSPS) is 4.00. The van der Waals surface area contributed by atoms with E-state index < -0.39 is 0 Å². The van der Waals surface area contributed by atoms with Gasteiger partial charge < -0.3 is 0 Å². The van der Waals surface area contributed by atoms with Gasteiger partial charge in [0, 0.05) is 0 Å². The van der Waals surface area contributed by atoms with E-state index in [-0.39, 0.29) is 0 Å². The van der Waals surface area contributed by atoms with Gasteiger partial charge in [-0.25, -0.2) is 0 Å². The fraction of sp³-hybridized carbons (Fsp3) is 0.625. The van der Waals surface area contributed by atoms with E-state index in [1.54, 1.807) is 0 Å². The first-order valence-electron chi connectivity index (χ1n) is 3.12. The molecule has 0 saturated carbocycles. The molecule has 0 N–H and O–H groups in total. The van der Waals surface area contributed by atoms with Gasteiger partial charge >= 0.3 is 0 Å². The third-order valence-electron chi connectivity index (χ3n) is 0. The van der Waals surface area contributed by atoms with E-state index in [1.807, 2.05) is 13.8 Å².